The van der Waals surface area contributed by atoms with Gasteiger partial charge in [-0.3, -0.25) is 10.1 Å². The molecule has 27 heavy (non-hydrogen) atoms. The fourth-order valence-electron chi connectivity index (χ4n) is 4.38. The van der Waals surface area contributed by atoms with Gasteiger partial charge in [0.1, 0.15) is 0 Å². The molecule has 6 nitrogen and oxygen atoms in total. The molecule has 1 aliphatic rings. The molecule has 6 heteroatoms. The van der Waals surface area contributed by atoms with Crippen molar-refractivity contribution in [3.05, 3.63) is 81.9 Å². The minimum absolute atomic E-state index is 0.0485. The SMILES string of the molecule is CC1C[C@@](O)(c2ccccc2)[C@H]([N+](=O)[O-])[C@@H](c2ccccc2)C1(C#N)C#N. The van der Waals surface area contributed by atoms with Crippen LogP contribution in [0.15, 0.2) is 60.7 Å². The molecule has 0 aliphatic heterocycles. The lowest BCUT2D eigenvalue weighted by Crippen LogP contribution is -2.59. The van der Waals surface area contributed by atoms with Crippen molar-refractivity contribution < 1.29 is 10.0 Å². The Morgan fingerprint density at radius 1 is 1.07 bits per heavy atom. The van der Waals surface area contributed by atoms with Gasteiger partial charge in [-0.1, -0.05) is 67.6 Å². The van der Waals surface area contributed by atoms with Gasteiger partial charge in [-0.05, 0) is 23.5 Å². The van der Waals surface area contributed by atoms with Crippen molar-refractivity contribution in [3.63, 3.8) is 0 Å². The fourth-order valence-corrected chi connectivity index (χ4v) is 4.38. The number of benzene rings is 2. The molecular weight excluding hydrogens is 342 g/mol. The van der Waals surface area contributed by atoms with E-state index in [4.69, 9.17) is 0 Å². The number of nitriles is 2. The van der Waals surface area contributed by atoms with Crippen LogP contribution in [0.1, 0.15) is 30.4 Å². The highest BCUT2D eigenvalue weighted by Crippen LogP contribution is 2.57. The van der Waals surface area contributed by atoms with Gasteiger partial charge in [-0.2, -0.15) is 10.5 Å². The highest BCUT2D eigenvalue weighted by atomic mass is 16.6. The molecule has 0 bridgehead atoms. The van der Waals surface area contributed by atoms with E-state index >= 15 is 0 Å². The quantitative estimate of drug-likeness (QED) is 0.665. The van der Waals surface area contributed by atoms with Gasteiger partial charge in [0.05, 0.1) is 18.1 Å². The van der Waals surface area contributed by atoms with Crippen LogP contribution in [0.5, 0.6) is 0 Å². The molecule has 2 aromatic rings. The summed E-state index contributed by atoms with van der Waals surface area (Å²) in [5, 5.41) is 43.5. The summed E-state index contributed by atoms with van der Waals surface area (Å²) in [6, 6.07) is 19.6. The molecule has 0 heterocycles. The Morgan fingerprint density at radius 3 is 2.07 bits per heavy atom. The van der Waals surface area contributed by atoms with Crippen molar-refractivity contribution in [2.24, 2.45) is 11.3 Å². The van der Waals surface area contributed by atoms with E-state index in [1.54, 1.807) is 67.6 Å². The van der Waals surface area contributed by atoms with Gasteiger partial charge in [-0.25, -0.2) is 0 Å². The smallest absolute Gasteiger partial charge is 0.254 e. The summed E-state index contributed by atoms with van der Waals surface area (Å²) in [5.41, 5.74) is -2.48. The van der Waals surface area contributed by atoms with Gasteiger partial charge in [0.15, 0.2) is 11.0 Å². The Kier molecular flexibility index (Phi) is 4.70. The molecule has 1 aliphatic carbocycles. The Labute approximate surface area is 157 Å². The number of aliphatic hydroxyl groups is 1. The first-order chi connectivity index (χ1) is 12.9. The second kappa shape index (κ2) is 6.83. The zero-order chi connectivity index (χ0) is 19.7. The summed E-state index contributed by atoms with van der Waals surface area (Å²) < 4.78 is 0. The number of hydrogen-bond donors (Lipinski definition) is 1. The van der Waals surface area contributed by atoms with Crippen LogP contribution in [0.25, 0.3) is 0 Å². The molecule has 2 aromatic carbocycles. The van der Waals surface area contributed by atoms with Crippen molar-refractivity contribution in [2.45, 2.75) is 30.9 Å². The van der Waals surface area contributed by atoms with E-state index in [0.29, 0.717) is 11.1 Å². The maximum Gasteiger partial charge on any atom is 0.254 e. The van der Waals surface area contributed by atoms with E-state index in [2.05, 4.69) is 12.1 Å². The zero-order valence-corrected chi connectivity index (χ0v) is 14.8. The van der Waals surface area contributed by atoms with Gasteiger partial charge >= 0.3 is 0 Å². The van der Waals surface area contributed by atoms with Crippen LogP contribution in [0, 0.1) is 44.1 Å². The van der Waals surface area contributed by atoms with Crippen LogP contribution >= 0.6 is 0 Å². The first-order valence-electron chi connectivity index (χ1n) is 8.69. The second-order valence-electron chi connectivity index (χ2n) is 7.11. The van der Waals surface area contributed by atoms with E-state index in [1.807, 2.05) is 0 Å². The van der Waals surface area contributed by atoms with Crippen LogP contribution in [0.3, 0.4) is 0 Å². The lowest BCUT2D eigenvalue weighted by molar-refractivity contribution is -0.560. The van der Waals surface area contributed by atoms with Crippen LogP contribution in [-0.2, 0) is 5.60 Å². The van der Waals surface area contributed by atoms with Crippen LogP contribution < -0.4 is 0 Å². The summed E-state index contributed by atoms with van der Waals surface area (Å²) in [5.74, 6) is -1.64. The van der Waals surface area contributed by atoms with Gasteiger partial charge in [0, 0.05) is 4.92 Å². The zero-order valence-electron chi connectivity index (χ0n) is 14.8. The topological polar surface area (TPSA) is 111 Å². The van der Waals surface area contributed by atoms with Gasteiger partial charge in [0.2, 0.25) is 0 Å². The predicted molar refractivity (Wildman–Crippen MR) is 97.7 cm³/mol. The highest BCUT2D eigenvalue weighted by Gasteiger charge is 2.66. The van der Waals surface area contributed by atoms with E-state index < -0.39 is 33.8 Å². The number of nitrogens with zero attached hydrogens (tertiary/aromatic N) is 3. The maximum absolute atomic E-state index is 12.2. The van der Waals surface area contributed by atoms with E-state index in [-0.39, 0.29) is 6.42 Å². The minimum atomic E-state index is -1.79. The first kappa shape index (κ1) is 18.6. The van der Waals surface area contributed by atoms with Crippen molar-refractivity contribution >= 4 is 0 Å². The van der Waals surface area contributed by atoms with E-state index in [9.17, 15) is 25.7 Å². The molecule has 1 fully saturated rings. The molecule has 0 radical (unpaired) electrons. The largest absolute Gasteiger partial charge is 0.378 e. The Balaban J connectivity index is 2.30. The molecule has 4 atom stereocenters. The molecule has 0 spiro atoms. The van der Waals surface area contributed by atoms with Crippen molar-refractivity contribution in [2.75, 3.05) is 0 Å². The summed E-state index contributed by atoms with van der Waals surface area (Å²) in [4.78, 5) is 11.6. The lowest BCUT2D eigenvalue weighted by atomic mass is 9.53. The van der Waals surface area contributed by atoms with Crippen LogP contribution in [0.4, 0.5) is 0 Å². The summed E-state index contributed by atoms with van der Waals surface area (Å²) in [6.45, 7) is 1.70. The summed E-state index contributed by atoms with van der Waals surface area (Å²) in [6.07, 6.45) is -0.0485. The average Bonchev–Trinajstić information content (AvgIpc) is 2.69. The van der Waals surface area contributed by atoms with Gasteiger partial charge < -0.3 is 5.11 Å². The third-order valence-corrected chi connectivity index (χ3v) is 5.72. The highest BCUT2D eigenvalue weighted by molar-refractivity contribution is 5.39. The van der Waals surface area contributed by atoms with Crippen molar-refractivity contribution in [3.8, 4) is 12.1 Å². The third-order valence-electron chi connectivity index (χ3n) is 5.72. The Hall–Kier alpha value is -3.22. The van der Waals surface area contributed by atoms with E-state index in [0.717, 1.165) is 0 Å². The standard InChI is InChI=1S/C21H19N3O3/c1-15-12-21(25,17-10-6-3-7-11-17)19(24(26)27)18(20(15,13-22)14-23)16-8-4-2-5-9-16/h2-11,15,18-19,25H,12H2,1H3/t15?,18-,19-,21-/m1/s1. The minimum Gasteiger partial charge on any atom is -0.378 e. The average molecular weight is 361 g/mol. The number of nitro groups is 1. The number of rotatable bonds is 3. The molecule has 136 valence electrons. The second-order valence-corrected chi connectivity index (χ2v) is 7.11. The molecule has 3 rings (SSSR count). The molecule has 0 saturated heterocycles. The third kappa shape index (κ3) is 2.75. The molecule has 0 aromatic heterocycles. The lowest BCUT2D eigenvalue weighted by Gasteiger charge is -2.48. The Bertz CT molecular complexity index is 903. The van der Waals surface area contributed by atoms with E-state index in [1.165, 1.54) is 0 Å². The van der Waals surface area contributed by atoms with Crippen LogP contribution in [-0.4, -0.2) is 16.1 Å². The molecule has 1 N–H and O–H groups in total. The predicted octanol–water partition coefficient (Wildman–Crippen LogP) is 3.38. The molecular formula is C21H19N3O3. The monoisotopic (exact) mass is 361 g/mol. The van der Waals surface area contributed by atoms with Gasteiger partial charge in [0.25, 0.3) is 6.04 Å². The van der Waals surface area contributed by atoms with Crippen molar-refractivity contribution in [1.29, 1.82) is 10.5 Å². The van der Waals surface area contributed by atoms with Crippen molar-refractivity contribution in [1.82, 2.24) is 0 Å². The molecule has 1 saturated carbocycles. The summed E-state index contributed by atoms with van der Waals surface area (Å²) in [7, 11) is 0. The first-order valence-corrected chi connectivity index (χ1v) is 8.69. The number of hydrogen-bond acceptors (Lipinski definition) is 5. The Morgan fingerprint density at radius 2 is 1.59 bits per heavy atom. The summed E-state index contributed by atoms with van der Waals surface area (Å²) >= 11 is 0. The normalized spacial score (nSPS) is 29.3. The molecule has 0 amide bonds. The van der Waals surface area contributed by atoms with Crippen LogP contribution in [0.2, 0.25) is 0 Å². The maximum atomic E-state index is 12.2. The molecule has 1 unspecified atom stereocenters. The van der Waals surface area contributed by atoms with Gasteiger partial charge in [-0.15, -0.1) is 0 Å². The fraction of sp³-hybridized carbons (Fsp3) is 0.333.